The van der Waals surface area contributed by atoms with Crippen LogP contribution in [0.5, 0.6) is 0 Å². The van der Waals surface area contributed by atoms with E-state index in [0.29, 0.717) is 48.4 Å². The summed E-state index contributed by atoms with van der Waals surface area (Å²) in [4.78, 5) is 41.9. The van der Waals surface area contributed by atoms with Crippen molar-refractivity contribution in [1.29, 1.82) is 0 Å². The molecule has 1 N–H and O–H groups in total. The van der Waals surface area contributed by atoms with Gasteiger partial charge in [-0.25, -0.2) is 4.79 Å². The minimum Gasteiger partial charge on any atom is -0.469 e. The number of nitrogens with one attached hydrogen (secondary N) is 1. The number of hydrogen-bond donors (Lipinski definition) is 1. The first-order chi connectivity index (χ1) is 12.3. The van der Waals surface area contributed by atoms with Crippen molar-refractivity contribution < 1.29 is 23.9 Å². The molecule has 0 unspecified atom stereocenters. The largest absolute Gasteiger partial charge is 0.469 e. The Kier molecular flexibility index (Phi) is 6.58. The second kappa shape index (κ2) is 8.49. The number of esters is 2. The zero-order chi connectivity index (χ0) is 19.4. The van der Waals surface area contributed by atoms with Crippen molar-refractivity contribution in [2.24, 2.45) is 5.92 Å². The van der Waals surface area contributed by atoms with Gasteiger partial charge in [0.05, 0.1) is 36.9 Å². The number of carbonyl (C=O) groups excluding carboxylic acids is 3. The molecule has 0 spiro atoms. The third-order valence-electron chi connectivity index (χ3n) is 5.15. The fourth-order valence-corrected chi connectivity index (χ4v) is 3.57. The number of piperidine rings is 1. The van der Waals surface area contributed by atoms with E-state index in [-0.39, 0.29) is 30.3 Å². The lowest BCUT2D eigenvalue weighted by Gasteiger charge is -2.34. The summed E-state index contributed by atoms with van der Waals surface area (Å²) in [5, 5.41) is 0. The second-order valence-corrected chi connectivity index (χ2v) is 6.72. The molecule has 0 saturated carbocycles. The Hall–Kier alpha value is -2.15. The third kappa shape index (κ3) is 3.98. The molecule has 7 heteroatoms. The normalized spacial score (nSPS) is 17.0. The van der Waals surface area contributed by atoms with Gasteiger partial charge in [0.1, 0.15) is 0 Å². The van der Waals surface area contributed by atoms with Crippen LogP contribution in [0.3, 0.4) is 0 Å². The molecule has 0 bridgehead atoms. The Morgan fingerprint density at radius 3 is 2.38 bits per heavy atom. The zero-order valence-electron chi connectivity index (χ0n) is 16.2. The summed E-state index contributed by atoms with van der Waals surface area (Å²) in [6, 6.07) is -0.333. The number of hydrogen-bond acceptors (Lipinski definition) is 6. The van der Waals surface area contributed by atoms with Crippen molar-refractivity contribution in [3.8, 4) is 0 Å². The number of Topliss-reactive ketones (excluding diaryl/α,β-unsaturated/α-hetero) is 1. The van der Waals surface area contributed by atoms with Gasteiger partial charge in [-0.2, -0.15) is 0 Å². The van der Waals surface area contributed by atoms with Crippen LogP contribution in [0.25, 0.3) is 0 Å². The Morgan fingerprint density at radius 1 is 1.23 bits per heavy atom. The van der Waals surface area contributed by atoms with Crippen LogP contribution in [0, 0.1) is 19.8 Å². The minimum atomic E-state index is -0.413. The maximum Gasteiger partial charge on any atom is 0.340 e. The van der Waals surface area contributed by atoms with Crippen LogP contribution in [-0.2, 0) is 14.3 Å². The van der Waals surface area contributed by atoms with E-state index in [2.05, 4.69) is 9.88 Å². The number of aryl methyl sites for hydroxylation is 1. The van der Waals surface area contributed by atoms with E-state index >= 15 is 0 Å². The van der Waals surface area contributed by atoms with Crippen molar-refractivity contribution >= 4 is 17.7 Å². The summed E-state index contributed by atoms with van der Waals surface area (Å²) in [7, 11) is 1.40. The first-order valence-corrected chi connectivity index (χ1v) is 9.04. The molecule has 0 aliphatic carbocycles. The molecular formula is C19H28N2O5. The molecule has 144 valence electrons. The van der Waals surface area contributed by atoms with Crippen LogP contribution in [0.15, 0.2) is 0 Å². The molecule has 1 saturated heterocycles. The van der Waals surface area contributed by atoms with Crippen LogP contribution >= 0.6 is 0 Å². The monoisotopic (exact) mass is 364 g/mol. The highest BCUT2D eigenvalue weighted by molar-refractivity contribution is 6.03. The summed E-state index contributed by atoms with van der Waals surface area (Å²) in [6.45, 7) is 8.76. The molecule has 1 aromatic heterocycles. The molecule has 2 heterocycles. The van der Waals surface area contributed by atoms with Gasteiger partial charge in [0.15, 0.2) is 5.78 Å². The standard InChI is InChI=1S/C19H28N2O5/c1-6-26-19(24)15-11(2)16(20-12(15)3)17(22)13(4)21-9-7-14(8-10-21)18(23)25-5/h13-14,20H,6-10H2,1-5H3/t13-/m1/s1. The summed E-state index contributed by atoms with van der Waals surface area (Å²) in [5.74, 6) is -0.746. The van der Waals surface area contributed by atoms with Crippen molar-refractivity contribution in [1.82, 2.24) is 9.88 Å². The molecular weight excluding hydrogens is 336 g/mol. The predicted molar refractivity (Wildman–Crippen MR) is 96.3 cm³/mol. The maximum absolute atomic E-state index is 13.0. The van der Waals surface area contributed by atoms with Crippen LogP contribution in [-0.4, -0.2) is 60.5 Å². The lowest BCUT2D eigenvalue weighted by molar-refractivity contribution is -0.147. The number of H-pyrrole nitrogens is 1. The molecule has 1 aromatic rings. The lowest BCUT2D eigenvalue weighted by Crippen LogP contribution is -2.45. The number of aromatic amines is 1. The lowest BCUT2D eigenvalue weighted by atomic mass is 9.94. The fraction of sp³-hybridized carbons (Fsp3) is 0.632. The van der Waals surface area contributed by atoms with Gasteiger partial charge in [-0.1, -0.05) is 0 Å². The number of methoxy groups -OCH3 is 1. The van der Waals surface area contributed by atoms with Gasteiger partial charge in [0, 0.05) is 5.69 Å². The second-order valence-electron chi connectivity index (χ2n) is 6.72. The Morgan fingerprint density at radius 2 is 1.85 bits per heavy atom. The van der Waals surface area contributed by atoms with Gasteiger partial charge in [0.25, 0.3) is 0 Å². The summed E-state index contributed by atoms with van der Waals surface area (Å²) >= 11 is 0. The van der Waals surface area contributed by atoms with Crippen LogP contribution in [0.4, 0.5) is 0 Å². The molecule has 0 aromatic carbocycles. The van der Waals surface area contributed by atoms with Crippen molar-refractivity contribution in [2.45, 2.75) is 46.6 Å². The number of aromatic nitrogens is 1. The Labute approximate surface area is 154 Å². The van der Waals surface area contributed by atoms with Gasteiger partial charge < -0.3 is 14.5 Å². The summed E-state index contributed by atoms with van der Waals surface area (Å²) in [5.41, 5.74) is 2.16. The first kappa shape index (κ1) is 20.2. The SMILES string of the molecule is CCOC(=O)c1c(C)[nH]c(C(=O)[C@@H](C)N2CCC(C(=O)OC)CC2)c1C. The highest BCUT2D eigenvalue weighted by Crippen LogP contribution is 2.24. The fourth-order valence-electron chi connectivity index (χ4n) is 3.57. The molecule has 1 fully saturated rings. The molecule has 1 aliphatic heterocycles. The van der Waals surface area contributed by atoms with Gasteiger partial charge in [-0.15, -0.1) is 0 Å². The smallest absolute Gasteiger partial charge is 0.340 e. The number of carbonyl (C=O) groups is 3. The van der Waals surface area contributed by atoms with E-state index in [4.69, 9.17) is 9.47 Å². The number of rotatable bonds is 6. The Bertz CT molecular complexity index is 686. The molecule has 26 heavy (non-hydrogen) atoms. The van der Waals surface area contributed by atoms with Gasteiger partial charge in [0.2, 0.25) is 0 Å². The topological polar surface area (TPSA) is 88.7 Å². The average molecular weight is 364 g/mol. The predicted octanol–water partition coefficient (Wildman–Crippen LogP) is 2.26. The Balaban J connectivity index is 2.11. The summed E-state index contributed by atoms with van der Waals surface area (Å²) in [6.07, 6.45) is 1.36. The average Bonchev–Trinajstić information content (AvgIpc) is 2.94. The number of ether oxygens (including phenoxy) is 2. The quantitative estimate of drug-likeness (QED) is 0.615. The molecule has 1 aliphatic rings. The molecule has 7 nitrogen and oxygen atoms in total. The van der Waals surface area contributed by atoms with Crippen LogP contribution < -0.4 is 0 Å². The van der Waals surface area contributed by atoms with E-state index in [1.165, 1.54) is 7.11 Å². The van der Waals surface area contributed by atoms with E-state index in [1.54, 1.807) is 20.8 Å². The van der Waals surface area contributed by atoms with Crippen molar-refractivity contribution in [3.63, 3.8) is 0 Å². The third-order valence-corrected chi connectivity index (χ3v) is 5.15. The van der Waals surface area contributed by atoms with Gasteiger partial charge in [-0.05, 0) is 59.2 Å². The van der Waals surface area contributed by atoms with Crippen LogP contribution in [0.1, 0.15) is 58.8 Å². The first-order valence-electron chi connectivity index (χ1n) is 9.04. The number of nitrogens with zero attached hydrogens (tertiary/aromatic N) is 1. The van der Waals surface area contributed by atoms with Gasteiger partial charge in [-0.3, -0.25) is 14.5 Å². The minimum absolute atomic E-state index is 0.0577. The zero-order valence-corrected chi connectivity index (χ0v) is 16.2. The number of ketones is 1. The number of likely N-dealkylation sites (tertiary alicyclic amines) is 1. The van der Waals surface area contributed by atoms with Crippen molar-refractivity contribution in [2.75, 3.05) is 26.8 Å². The highest BCUT2D eigenvalue weighted by Gasteiger charge is 2.32. The highest BCUT2D eigenvalue weighted by atomic mass is 16.5. The summed E-state index contributed by atoms with van der Waals surface area (Å²) < 4.78 is 9.88. The molecule has 1 atom stereocenters. The molecule has 2 rings (SSSR count). The molecule has 0 radical (unpaired) electrons. The van der Waals surface area contributed by atoms with Gasteiger partial charge >= 0.3 is 11.9 Å². The van der Waals surface area contributed by atoms with E-state index in [1.807, 2.05) is 6.92 Å². The molecule has 0 amide bonds. The maximum atomic E-state index is 13.0. The van der Waals surface area contributed by atoms with Crippen molar-refractivity contribution in [3.05, 3.63) is 22.5 Å². The van der Waals surface area contributed by atoms with E-state index in [0.717, 1.165) is 0 Å². The van der Waals surface area contributed by atoms with E-state index in [9.17, 15) is 14.4 Å². The van der Waals surface area contributed by atoms with Crippen LogP contribution in [0.2, 0.25) is 0 Å². The van der Waals surface area contributed by atoms with E-state index < -0.39 is 5.97 Å².